The highest BCUT2D eigenvalue weighted by Gasteiger charge is 2.10. The number of aromatic nitrogens is 2. The van der Waals surface area contributed by atoms with Crippen molar-refractivity contribution in [2.75, 3.05) is 19.0 Å². The number of hydrogen-bond acceptors (Lipinski definition) is 5. The third kappa shape index (κ3) is 6.02. The zero-order chi connectivity index (χ0) is 23.9. The molecular weight excluding hydrogens is 450 g/mol. The number of nitrogens with one attached hydrogen (secondary N) is 2. The molecule has 4 rings (SSSR count). The molecule has 0 aliphatic rings. The summed E-state index contributed by atoms with van der Waals surface area (Å²) in [6.45, 7) is 0.448. The zero-order valence-electron chi connectivity index (χ0n) is 18.8. The Balaban J connectivity index is 1.32. The molecule has 172 valence electrons. The van der Waals surface area contributed by atoms with Gasteiger partial charge in [-0.1, -0.05) is 35.9 Å². The number of ether oxygens (including phenoxy) is 1. The Hall–Kier alpha value is -4.10. The van der Waals surface area contributed by atoms with Crippen molar-refractivity contribution in [2.45, 2.75) is 6.61 Å². The molecule has 0 unspecified atom stereocenters. The smallest absolute Gasteiger partial charge is 0.289 e. The Morgan fingerprint density at radius 2 is 1.76 bits per heavy atom. The van der Waals surface area contributed by atoms with E-state index in [1.807, 2.05) is 91.8 Å². The maximum absolute atomic E-state index is 12.4. The normalized spacial score (nSPS) is 10.9. The molecule has 7 nitrogen and oxygen atoms in total. The molecule has 34 heavy (non-hydrogen) atoms. The number of H-pyrrole nitrogens is 1. The SMILES string of the molecule is CN(C)c1ccc(/C=N/NC(=O)c2cc(-c3ccc(OCc4ccc(Cl)cc4)cc3)n[nH]2)cc1. The number of aromatic amines is 1. The van der Waals surface area contributed by atoms with E-state index in [-0.39, 0.29) is 5.91 Å². The van der Waals surface area contributed by atoms with Crippen molar-refractivity contribution < 1.29 is 9.53 Å². The Morgan fingerprint density at radius 3 is 2.44 bits per heavy atom. The lowest BCUT2D eigenvalue weighted by Crippen LogP contribution is -2.18. The second-order valence-electron chi connectivity index (χ2n) is 7.79. The summed E-state index contributed by atoms with van der Waals surface area (Å²) in [5, 5.41) is 11.7. The number of nitrogens with zero attached hydrogens (tertiary/aromatic N) is 3. The molecule has 1 aromatic heterocycles. The van der Waals surface area contributed by atoms with E-state index in [0.29, 0.717) is 23.0 Å². The van der Waals surface area contributed by atoms with Crippen LogP contribution in [-0.2, 0) is 6.61 Å². The van der Waals surface area contributed by atoms with Crippen molar-refractivity contribution in [3.8, 4) is 17.0 Å². The summed E-state index contributed by atoms with van der Waals surface area (Å²) >= 11 is 5.91. The molecule has 0 radical (unpaired) electrons. The van der Waals surface area contributed by atoms with E-state index >= 15 is 0 Å². The first-order valence-corrected chi connectivity index (χ1v) is 11.0. The van der Waals surface area contributed by atoms with Gasteiger partial charge in [0.05, 0.1) is 11.9 Å². The third-order valence-corrected chi connectivity index (χ3v) is 5.33. The first-order chi connectivity index (χ1) is 16.5. The molecule has 2 N–H and O–H groups in total. The molecule has 0 spiro atoms. The van der Waals surface area contributed by atoms with Crippen LogP contribution in [0.5, 0.6) is 5.75 Å². The van der Waals surface area contributed by atoms with Gasteiger partial charge in [0, 0.05) is 30.4 Å². The predicted molar refractivity (Wildman–Crippen MR) is 136 cm³/mol. The van der Waals surface area contributed by atoms with Crippen molar-refractivity contribution >= 4 is 29.4 Å². The van der Waals surface area contributed by atoms with Crippen molar-refractivity contribution in [1.29, 1.82) is 0 Å². The molecule has 1 heterocycles. The fourth-order valence-electron chi connectivity index (χ4n) is 3.14. The van der Waals surface area contributed by atoms with Crippen LogP contribution in [0.4, 0.5) is 5.69 Å². The van der Waals surface area contributed by atoms with Gasteiger partial charge in [-0.2, -0.15) is 10.2 Å². The van der Waals surface area contributed by atoms with Crippen LogP contribution in [0.15, 0.2) is 84.0 Å². The number of hydrogen-bond donors (Lipinski definition) is 2. The van der Waals surface area contributed by atoms with Crippen LogP contribution in [0.25, 0.3) is 11.3 Å². The van der Waals surface area contributed by atoms with E-state index in [9.17, 15) is 4.79 Å². The zero-order valence-corrected chi connectivity index (χ0v) is 19.6. The van der Waals surface area contributed by atoms with Gasteiger partial charge in [-0.05, 0) is 65.7 Å². The van der Waals surface area contributed by atoms with Gasteiger partial charge in [-0.3, -0.25) is 9.89 Å². The molecule has 4 aromatic rings. The quantitative estimate of drug-likeness (QED) is 0.274. The molecule has 0 aliphatic heterocycles. The third-order valence-electron chi connectivity index (χ3n) is 5.08. The van der Waals surface area contributed by atoms with E-state index in [4.69, 9.17) is 16.3 Å². The lowest BCUT2D eigenvalue weighted by Gasteiger charge is -2.11. The number of amides is 1. The second-order valence-corrected chi connectivity index (χ2v) is 8.23. The second kappa shape index (κ2) is 10.7. The number of carbonyl (C=O) groups is 1. The van der Waals surface area contributed by atoms with Crippen LogP contribution in [0.1, 0.15) is 21.6 Å². The van der Waals surface area contributed by atoms with Crippen molar-refractivity contribution in [2.24, 2.45) is 5.10 Å². The molecule has 8 heteroatoms. The highest BCUT2D eigenvalue weighted by Crippen LogP contribution is 2.22. The van der Waals surface area contributed by atoms with Gasteiger partial charge in [0.25, 0.3) is 5.91 Å². The predicted octanol–water partition coefficient (Wildman–Crippen LogP) is 5.14. The number of rotatable bonds is 8. The van der Waals surface area contributed by atoms with Crippen molar-refractivity contribution in [3.63, 3.8) is 0 Å². The van der Waals surface area contributed by atoms with Crippen molar-refractivity contribution in [3.05, 3.63) is 101 Å². The van der Waals surface area contributed by atoms with Gasteiger partial charge in [-0.25, -0.2) is 5.43 Å². The fraction of sp³-hybridized carbons (Fsp3) is 0.115. The molecule has 0 aliphatic carbocycles. The summed E-state index contributed by atoms with van der Waals surface area (Å²) in [5.74, 6) is 0.364. The molecular formula is C26H24ClN5O2. The number of benzene rings is 3. The monoisotopic (exact) mass is 473 g/mol. The highest BCUT2D eigenvalue weighted by molar-refractivity contribution is 6.30. The van der Waals surface area contributed by atoms with E-state index < -0.39 is 0 Å². The van der Waals surface area contributed by atoms with Gasteiger partial charge >= 0.3 is 0 Å². The van der Waals surface area contributed by atoms with E-state index in [1.165, 1.54) is 0 Å². The lowest BCUT2D eigenvalue weighted by molar-refractivity contribution is 0.0950. The highest BCUT2D eigenvalue weighted by atomic mass is 35.5. The van der Waals surface area contributed by atoms with Gasteiger partial charge in [0.15, 0.2) is 0 Å². The summed E-state index contributed by atoms with van der Waals surface area (Å²) in [5.41, 5.74) is 7.35. The molecule has 3 aromatic carbocycles. The van der Waals surface area contributed by atoms with Crippen LogP contribution in [-0.4, -0.2) is 36.4 Å². The Bertz CT molecular complexity index is 1260. The number of halogens is 1. The fourth-order valence-corrected chi connectivity index (χ4v) is 3.27. The standard InChI is InChI=1S/C26H24ClN5O2/c1-32(2)22-11-5-18(6-12-22)16-28-31-26(33)25-15-24(29-30-25)20-7-13-23(14-8-20)34-17-19-3-9-21(27)10-4-19/h3-16H,17H2,1-2H3,(H,29,30)(H,31,33)/b28-16+. The summed E-state index contributed by atoms with van der Waals surface area (Å²) < 4.78 is 5.81. The minimum absolute atomic E-state index is 0.318. The number of carbonyl (C=O) groups excluding carboxylic acids is 1. The van der Waals surface area contributed by atoms with Crippen LogP contribution in [0, 0.1) is 0 Å². The van der Waals surface area contributed by atoms with Crippen LogP contribution in [0.2, 0.25) is 5.02 Å². The lowest BCUT2D eigenvalue weighted by atomic mass is 10.1. The number of anilines is 1. The summed E-state index contributed by atoms with van der Waals surface area (Å²) in [6.07, 6.45) is 1.59. The first-order valence-electron chi connectivity index (χ1n) is 10.6. The van der Waals surface area contributed by atoms with E-state index in [2.05, 4.69) is 20.7 Å². The average molecular weight is 474 g/mol. The summed E-state index contributed by atoms with van der Waals surface area (Å²) in [7, 11) is 3.96. The molecule has 0 fully saturated rings. The summed E-state index contributed by atoms with van der Waals surface area (Å²) in [6, 6.07) is 24.6. The molecule has 0 saturated heterocycles. The van der Waals surface area contributed by atoms with Gasteiger partial charge in [-0.15, -0.1) is 0 Å². The topological polar surface area (TPSA) is 82.6 Å². The average Bonchev–Trinajstić information content (AvgIpc) is 3.35. The minimum atomic E-state index is -0.372. The van der Waals surface area contributed by atoms with Gasteiger partial charge < -0.3 is 9.64 Å². The maximum Gasteiger partial charge on any atom is 0.289 e. The number of hydrazone groups is 1. The molecule has 0 atom stereocenters. The van der Waals surface area contributed by atoms with Gasteiger partial charge in [0.2, 0.25) is 0 Å². The van der Waals surface area contributed by atoms with Gasteiger partial charge in [0.1, 0.15) is 18.1 Å². The van der Waals surface area contributed by atoms with E-state index in [0.717, 1.165) is 28.1 Å². The Morgan fingerprint density at radius 1 is 1.06 bits per heavy atom. The largest absolute Gasteiger partial charge is 0.489 e. The van der Waals surface area contributed by atoms with Crippen LogP contribution >= 0.6 is 11.6 Å². The maximum atomic E-state index is 12.4. The molecule has 0 saturated carbocycles. The molecule has 0 bridgehead atoms. The Labute approximate surface area is 203 Å². The van der Waals surface area contributed by atoms with Crippen molar-refractivity contribution in [1.82, 2.24) is 15.6 Å². The van der Waals surface area contributed by atoms with Crippen LogP contribution in [0.3, 0.4) is 0 Å². The van der Waals surface area contributed by atoms with E-state index in [1.54, 1.807) is 12.3 Å². The summed E-state index contributed by atoms with van der Waals surface area (Å²) in [4.78, 5) is 14.4. The van der Waals surface area contributed by atoms with Crippen LogP contribution < -0.4 is 15.1 Å². The molecule has 1 amide bonds. The minimum Gasteiger partial charge on any atom is -0.489 e. The first kappa shape index (κ1) is 23.1. The Kier molecular flexibility index (Phi) is 7.25.